The fourth-order valence-electron chi connectivity index (χ4n) is 12.0. The minimum Gasteiger partial charge on any atom is -0.477 e. The number of carbonyl (C=O) groups is 2. The van der Waals surface area contributed by atoms with Gasteiger partial charge in [-0.15, -0.1) is 22.7 Å². The van der Waals surface area contributed by atoms with Crippen LogP contribution in [0.5, 0.6) is 0 Å². The summed E-state index contributed by atoms with van der Waals surface area (Å²) >= 11 is 2.85. The van der Waals surface area contributed by atoms with Gasteiger partial charge in [-0.3, -0.25) is 14.8 Å². The molecule has 0 radical (unpaired) electrons. The third-order valence-corrected chi connectivity index (χ3v) is 18.8. The lowest BCUT2D eigenvalue weighted by Gasteiger charge is -2.26. The van der Waals surface area contributed by atoms with Crippen LogP contribution in [0.4, 0.5) is 11.4 Å². The molecule has 0 bridgehead atoms. The SMILES string of the molecule is NCCCN1CCCCC1.O=C(NCCCN1CCCCC1)c1cc2ccc(-c3cc(NCCCN4CCCCC4)c4cnccc4n3)cc2s1.O=C(O)c1cc2ccc(-c3cc(NCCCN4CCCCC4)c4cnccc4n3)cc2s1. The molecule has 1 amide bonds. The second-order valence-corrected chi connectivity index (χ2v) is 25.0. The maximum absolute atomic E-state index is 12.9. The third-order valence-electron chi connectivity index (χ3n) is 16.6. The number of nitrogens with zero attached hydrogens (tertiary/aromatic N) is 8. The summed E-state index contributed by atoms with van der Waals surface area (Å²) in [6.45, 7) is 17.9. The molecule has 4 saturated heterocycles. The Hall–Kier alpha value is -6.18. The van der Waals surface area contributed by atoms with E-state index in [4.69, 9.17) is 15.7 Å². The summed E-state index contributed by atoms with van der Waals surface area (Å²) in [6.07, 6.45) is 27.9. The van der Waals surface area contributed by atoms with Gasteiger partial charge in [0.15, 0.2) is 0 Å². The van der Waals surface area contributed by atoms with Crippen molar-refractivity contribution in [2.75, 3.05) is 115 Å². The van der Waals surface area contributed by atoms with E-state index in [1.165, 1.54) is 154 Å². The molecule has 17 heteroatoms. The first-order valence-corrected chi connectivity index (χ1v) is 32.6. The standard InChI is InChI=1S/C33H42N6OS.C25H26N4O2S.C8H18N2/c40-33(36-13-8-20-39-17-5-2-6-18-39)32-22-26-10-9-25(21-31(26)41-32)29-23-30(27-24-34-14-11-28(27)37-29)35-12-7-19-38-15-3-1-4-16-38;30-25(31)24-14-18-6-5-17(13-23(18)32-24)21-15-22(19-16-26-9-7-20(19)28-21)27-8-4-12-29-10-2-1-3-11-29;9-5-4-8-10-6-2-1-3-7-10/h9-11,14,21-24H,1-8,12-13,15-20H2,(H,35,37)(H,36,40);5-7,9,13-16H,1-4,8,10-12H2,(H,27,28)(H,30,31);1-9H2. The van der Waals surface area contributed by atoms with Gasteiger partial charge in [-0.25, -0.2) is 14.8 Å². The number of likely N-dealkylation sites (tertiary alicyclic amines) is 4. The van der Waals surface area contributed by atoms with Crippen LogP contribution in [0.2, 0.25) is 0 Å². The molecule has 4 aliphatic heterocycles. The van der Waals surface area contributed by atoms with Crippen molar-refractivity contribution in [3.05, 3.63) is 107 Å². The predicted molar refractivity (Wildman–Crippen MR) is 346 cm³/mol. The lowest BCUT2D eigenvalue weighted by molar-refractivity contribution is 0.0702. The molecule has 0 unspecified atom stereocenters. The minimum absolute atomic E-state index is 0.0266. The predicted octanol–water partition coefficient (Wildman–Crippen LogP) is 12.7. The van der Waals surface area contributed by atoms with Gasteiger partial charge in [-0.05, 0) is 221 Å². The molecule has 8 aromatic rings. The lowest BCUT2D eigenvalue weighted by atomic mass is 10.1. The molecule has 0 aliphatic carbocycles. The first-order chi connectivity index (χ1) is 40.8. The van der Waals surface area contributed by atoms with Crippen LogP contribution in [0.3, 0.4) is 0 Å². The monoisotopic (exact) mass is 1160 g/mol. The van der Waals surface area contributed by atoms with E-state index in [1.54, 1.807) is 29.8 Å². The number of anilines is 2. The molecule has 0 atom stereocenters. The second-order valence-electron chi connectivity index (χ2n) is 22.8. The van der Waals surface area contributed by atoms with E-state index in [1.807, 2.05) is 48.8 Å². The van der Waals surface area contributed by atoms with Gasteiger partial charge in [0, 0.05) is 87.1 Å². The highest BCUT2D eigenvalue weighted by Crippen LogP contribution is 2.35. The van der Waals surface area contributed by atoms with Gasteiger partial charge in [0.2, 0.25) is 0 Å². The number of aromatic nitrogens is 4. The average molecular weight is 1160 g/mol. The molecule has 0 spiro atoms. The van der Waals surface area contributed by atoms with Crippen LogP contribution in [-0.4, -0.2) is 161 Å². The summed E-state index contributed by atoms with van der Waals surface area (Å²) in [5.74, 6) is -0.862. The molecule has 4 aliphatic rings. The van der Waals surface area contributed by atoms with Crippen molar-refractivity contribution in [1.29, 1.82) is 0 Å². The van der Waals surface area contributed by atoms with Crippen molar-refractivity contribution in [2.24, 2.45) is 5.73 Å². The first kappa shape index (κ1) is 60.0. The molecule has 440 valence electrons. The fourth-order valence-corrected chi connectivity index (χ4v) is 14.0. The number of nitrogens with two attached hydrogens (primary N) is 1. The van der Waals surface area contributed by atoms with Crippen molar-refractivity contribution in [3.63, 3.8) is 0 Å². The minimum atomic E-state index is -0.889. The van der Waals surface area contributed by atoms with Crippen LogP contribution in [0.25, 0.3) is 64.5 Å². The van der Waals surface area contributed by atoms with E-state index >= 15 is 0 Å². The summed E-state index contributed by atoms with van der Waals surface area (Å²) in [4.78, 5) is 54.0. The van der Waals surface area contributed by atoms with Gasteiger partial charge in [0.25, 0.3) is 5.91 Å². The Morgan fingerprint density at radius 2 is 0.904 bits per heavy atom. The van der Waals surface area contributed by atoms with E-state index in [9.17, 15) is 14.7 Å². The smallest absolute Gasteiger partial charge is 0.345 e. The number of carbonyl (C=O) groups excluding carboxylic acids is 1. The Labute approximate surface area is 498 Å². The van der Waals surface area contributed by atoms with Gasteiger partial charge in [-0.2, -0.15) is 0 Å². The van der Waals surface area contributed by atoms with Gasteiger partial charge < -0.3 is 46.4 Å². The van der Waals surface area contributed by atoms with Crippen molar-refractivity contribution in [3.8, 4) is 22.5 Å². The summed E-state index contributed by atoms with van der Waals surface area (Å²) in [5.41, 5.74) is 13.2. The highest BCUT2D eigenvalue weighted by molar-refractivity contribution is 7.21. The molecule has 83 heavy (non-hydrogen) atoms. The quantitative estimate of drug-likeness (QED) is 0.0429. The van der Waals surface area contributed by atoms with Crippen molar-refractivity contribution >= 4 is 87.9 Å². The van der Waals surface area contributed by atoms with Crippen LogP contribution in [-0.2, 0) is 0 Å². The lowest BCUT2D eigenvalue weighted by Crippen LogP contribution is -2.33. The zero-order valence-electron chi connectivity index (χ0n) is 48.6. The highest BCUT2D eigenvalue weighted by atomic mass is 32.1. The summed E-state index contributed by atoms with van der Waals surface area (Å²) in [7, 11) is 0. The van der Waals surface area contributed by atoms with Crippen LogP contribution < -0.4 is 21.7 Å². The van der Waals surface area contributed by atoms with Crippen LogP contribution >= 0.6 is 22.7 Å². The third kappa shape index (κ3) is 17.2. The number of piperidine rings is 4. The summed E-state index contributed by atoms with van der Waals surface area (Å²) in [5, 5.41) is 23.8. The number of rotatable bonds is 21. The number of thiophene rings is 2. The fraction of sp³-hybridized carbons (Fsp3) is 0.485. The van der Waals surface area contributed by atoms with Crippen molar-refractivity contribution < 1.29 is 14.7 Å². The Morgan fingerprint density at radius 1 is 0.494 bits per heavy atom. The molecule has 15 nitrogen and oxygen atoms in total. The molecule has 6 N–H and O–H groups in total. The number of aromatic carboxylic acids is 1. The number of hydrogen-bond donors (Lipinski definition) is 5. The summed E-state index contributed by atoms with van der Waals surface area (Å²) in [6, 6.07) is 24.3. The van der Waals surface area contributed by atoms with Gasteiger partial charge in [-0.1, -0.05) is 49.9 Å². The Morgan fingerprint density at radius 3 is 1.34 bits per heavy atom. The number of carboxylic acid groups (broad SMARTS) is 1. The van der Waals surface area contributed by atoms with Crippen molar-refractivity contribution in [2.45, 2.75) is 103 Å². The molecule has 0 saturated carbocycles. The number of hydrogen-bond acceptors (Lipinski definition) is 15. The molecule has 12 rings (SSSR count). The molecular weight excluding hydrogens is 1070 g/mol. The van der Waals surface area contributed by atoms with E-state index in [0.29, 0.717) is 4.88 Å². The molecular formula is C66H86N12O3S2. The van der Waals surface area contributed by atoms with Crippen LogP contribution in [0, 0.1) is 0 Å². The summed E-state index contributed by atoms with van der Waals surface area (Å²) < 4.78 is 2.06. The topological polar surface area (TPSA) is 181 Å². The first-order valence-electron chi connectivity index (χ1n) is 31.0. The number of benzene rings is 2. The van der Waals surface area contributed by atoms with E-state index < -0.39 is 5.97 Å². The number of pyridine rings is 4. The second kappa shape index (κ2) is 31.1. The Kier molecular flexibility index (Phi) is 22.5. The maximum atomic E-state index is 12.9. The zero-order chi connectivity index (χ0) is 57.0. The Balaban J connectivity index is 0.000000162. The van der Waals surface area contributed by atoms with Gasteiger partial charge in [0.1, 0.15) is 4.88 Å². The Bertz CT molecular complexity index is 3340. The number of amides is 1. The normalized spacial score (nSPS) is 16.5. The zero-order valence-corrected chi connectivity index (χ0v) is 50.2. The largest absolute Gasteiger partial charge is 0.477 e. The molecule has 6 aromatic heterocycles. The number of fused-ring (bicyclic) bond motifs is 4. The molecule has 4 fully saturated rings. The van der Waals surface area contributed by atoms with E-state index in [0.717, 1.165) is 146 Å². The number of nitrogens with one attached hydrogen (secondary N) is 3. The van der Waals surface area contributed by atoms with Gasteiger partial charge >= 0.3 is 5.97 Å². The number of carboxylic acids is 1. The van der Waals surface area contributed by atoms with Crippen molar-refractivity contribution in [1.82, 2.24) is 44.9 Å². The average Bonchev–Trinajstić information content (AvgIpc) is 4.43. The highest BCUT2D eigenvalue weighted by Gasteiger charge is 2.17. The van der Waals surface area contributed by atoms with Crippen LogP contribution in [0.15, 0.2) is 97.6 Å². The van der Waals surface area contributed by atoms with Crippen LogP contribution in [0.1, 0.15) is 122 Å². The molecule has 10 heterocycles. The van der Waals surface area contributed by atoms with E-state index in [-0.39, 0.29) is 5.91 Å². The molecule has 2 aromatic carbocycles. The van der Waals surface area contributed by atoms with Gasteiger partial charge in [0.05, 0.1) is 27.3 Å². The maximum Gasteiger partial charge on any atom is 0.345 e. The van der Waals surface area contributed by atoms with E-state index in [2.05, 4.69) is 75.8 Å².